The largest absolute Gasteiger partial charge is 0.497 e. The van der Waals surface area contributed by atoms with Gasteiger partial charge in [-0.05, 0) is 30.2 Å². The number of likely N-dealkylation sites (tertiary alicyclic amines) is 1. The van der Waals surface area contributed by atoms with Crippen molar-refractivity contribution < 1.29 is 13.2 Å². The van der Waals surface area contributed by atoms with Crippen molar-refractivity contribution in [2.45, 2.75) is 25.6 Å². The first kappa shape index (κ1) is 16.3. The standard InChI is InChI=1S/C15H24N2O3S/c1-4-17-9-12(2)15(10-17)16-21(18,19)11-13-6-5-7-14(8-13)20-3/h5-8,12,15-16H,4,9-11H2,1-3H3/t12-,15-/m1/s1. The number of rotatable bonds is 6. The number of hydrogen-bond donors (Lipinski definition) is 1. The average molecular weight is 312 g/mol. The maximum atomic E-state index is 12.3. The van der Waals surface area contributed by atoms with Crippen LogP contribution in [0.2, 0.25) is 0 Å². The van der Waals surface area contributed by atoms with Crippen molar-refractivity contribution in [2.75, 3.05) is 26.7 Å². The molecule has 0 spiro atoms. The first-order chi connectivity index (χ1) is 9.93. The zero-order chi connectivity index (χ0) is 15.5. The molecule has 1 saturated heterocycles. The minimum atomic E-state index is -3.34. The molecule has 5 nitrogen and oxygen atoms in total. The van der Waals surface area contributed by atoms with E-state index in [0.717, 1.165) is 25.2 Å². The predicted molar refractivity (Wildman–Crippen MR) is 83.8 cm³/mol. The molecule has 1 aliphatic heterocycles. The predicted octanol–water partition coefficient (Wildman–Crippen LogP) is 1.45. The van der Waals surface area contributed by atoms with Gasteiger partial charge in [0.05, 0.1) is 12.9 Å². The highest BCUT2D eigenvalue weighted by Crippen LogP contribution is 2.19. The first-order valence-electron chi connectivity index (χ1n) is 7.29. The Labute approximate surface area is 127 Å². The Bertz CT molecular complexity index is 574. The van der Waals surface area contributed by atoms with Crippen molar-refractivity contribution in [2.24, 2.45) is 5.92 Å². The van der Waals surface area contributed by atoms with E-state index in [1.54, 1.807) is 25.3 Å². The van der Waals surface area contributed by atoms with Gasteiger partial charge in [-0.25, -0.2) is 13.1 Å². The molecule has 1 heterocycles. The topological polar surface area (TPSA) is 58.6 Å². The lowest BCUT2D eigenvalue weighted by molar-refractivity contribution is 0.344. The number of methoxy groups -OCH3 is 1. The molecule has 118 valence electrons. The first-order valence-corrected chi connectivity index (χ1v) is 8.94. The molecular weight excluding hydrogens is 288 g/mol. The summed E-state index contributed by atoms with van der Waals surface area (Å²) in [5.41, 5.74) is 0.736. The van der Waals surface area contributed by atoms with Gasteiger partial charge in [0.1, 0.15) is 5.75 Å². The summed E-state index contributed by atoms with van der Waals surface area (Å²) in [5.74, 6) is 0.999. The summed E-state index contributed by atoms with van der Waals surface area (Å²) in [6, 6.07) is 7.18. The molecular formula is C15H24N2O3S. The normalized spacial score (nSPS) is 23.4. The van der Waals surface area contributed by atoms with Crippen LogP contribution in [0.1, 0.15) is 19.4 Å². The summed E-state index contributed by atoms with van der Waals surface area (Å²) in [6.07, 6.45) is 0. The molecule has 0 aromatic heterocycles. The van der Waals surface area contributed by atoms with Gasteiger partial charge >= 0.3 is 0 Å². The van der Waals surface area contributed by atoms with E-state index in [-0.39, 0.29) is 11.8 Å². The van der Waals surface area contributed by atoms with Crippen LogP contribution in [0.5, 0.6) is 5.75 Å². The molecule has 21 heavy (non-hydrogen) atoms. The number of ether oxygens (including phenoxy) is 1. The van der Waals surface area contributed by atoms with E-state index in [9.17, 15) is 8.42 Å². The van der Waals surface area contributed by atoms with Crippen LogP contribution < -0.4 is 9.46 Å². The van der Waals surface area contributed by atoms with Crippen LogP contribution in [0.4, 0.5) is 0 Å². The van der Waals surface area contributed by atoms with Gasteiger partial charge in [0.2, 0.25) is 10.0 Å². The van der Waals surface area contributed by atoms with E-state index < -0.39 is 10.0 Å². The molecule has 1 fully saturated rings. The number of likely N-dealkylation sites (N-methyl/N-ethyl adjacent to an activating group) is 1. The Morgan fingerprint density at radius 2 is 2.14 bits per heavy atom. The summed E-state index contributed by atoms with van der Waals surface area (Å²) in [4.78, 5) is 2.27. The second-order valence-corrected chi connectivity index (χ2v) is 7.42. The number of benzene rings is 1. The van der Waals surface area contributed by atoms with E-state index in [4.69, 9.17) is 4.74 Å². The van der Waals surface area contributed by atoms with Crippen molar-refractivity contribution >= 4 is 10.0 Å². The molecule has 0 aliphatic carbocycles. The zero-order valence-electron chi connectivity index (χ0n) is 12.9. The van der Waals surface area contributed by atoms with Gasteiger partial charge in [0, 0.05) is 19.1 Å². The highest BCUT2D eigenvalue weighted by Gasteiger charge is 2.31. The van der Waals surface area contributed by atoms with Crippen molar-refractivity contribution in [3.05, 3.63) is 29.8 Å². The van der Waals surface area contributed by atoms with Crippen LogP contribution in [-0.4, -0.2) is 46.1 Å². The highest BCUT2D eigenvalue weighted by atomic mass is 32.2. The molecule has 0 saturated carbocycles. The fourth-order valence-corrected chi connectivity index (χ4v) is 4.20. The third-order valence-corrected chi connectivity index (χ3v) is 5.33. The number of hydrogen-bond acceptors (Lipinski definition) is 4. The Morgan fingerprint density at radius 1 is 1.38 bits per heavy atom. The van der Waals surface area contributed by atoms with Crippen molar-refractivity contribution in [1.82, 2.24) is 9.62 Å². The van der Waals surface area contributed by atoms with Crippen molar-refractivity contribution in [3.8, 4) is 5.75 Å². The molecule has 0 bridgehead atoms. The fourth-order valence-electron chi connectivity index (χ4n) is 2.73. The second kappa shape index (κ2) is 6.77. The summed E-state index contributed by atoms with van der Waals surface area (Å²) in [7, 11) is -1.77. The average Bonchev–Trinajstić information content (AvgIpc) is 2.78. The van der Waals surface area contributed by atoms with Crippen LogP contribution in [0, 0.1) is 5.92 Å². The summed E-state index contributed by atoms with van der Waals surface area (Å²) in [5, 5.41) is 0. The Hall–Kier alpha value is -1.11. The van der Waals surface area contributed by atoms with Gasteiger partial charge in [-0.2, -0.15) is 0 Å². The lowest BCUT2D eigenvalue weighted by Gasteiger charge is -2.17. The molecule has 1 aromatic rings. The second-order valence-electron chi connectivity index (χ2n) is 5.66. The van der Waals surface area contributed by atoms with Crippen molar-refractivity contribution in [1.29, 1.82) is 0 Å². The number of nitrogens with zero attached hydrogens (tertiary/aromatic N) is 1. The Kier molecular flexibility index (Phi) is 5.24. The third kappa shape index (κ3) is 4.43. The zero-order valence-corrected chi connectivity index (χ0v) is 13.7. The van der Waals surface area contributed by atoms with Crippen molar-refractivity contribution in [3.63, 3.8) is 0 Å². The minimum absolute atomic E-state index is 0.000516. The van der Waals surface area contributed by atoms with Crippen LogP contribution in [0.3, 0.4) is 0 Å². The SMILES string of the molecule is CCN1C[C@@H](C)[C@H](NS(=O)(=O)Cc2cccc(OC)c2)C1. The number of nitrogens with one attached hydrogen (secondary N) is 1. The van der Waals surface area contributed by atoms with Crippen LogP contribution in [0.25, 0.3) is 0 Å². The monoisotopic (exact) mass is 312 g/mol. The maximum absolute atomic E-state index is 12.3. The Morgan fingerprint density at radius 3 is 2.76 bits per heavy atom. The molecule has 2 atom stereocenters. The van der Waals surface area contributed by atoms with Gasteiger partial charge in [-0.15, -0.1) is 0 Å². The summed E-state index contributed by atoms with van der Waals surface area (Å²) >= 11 is 0. The quantitative estimate of drug-likeness (QED) is 0.864. The van der Waals surface area contributed by atoms with E-state index in [1.165, 1.54) is 0 Å². The smallest absolute Gasteiger partial charge is 0.216 e. The van der Waals surface area contributed by atoms with Crippen LogP contribution >= 0.6 is 0 Å². The molecule has 6 heteroatoms. The van der Waals surface area contributed by atoms with E-state index in [0.29, 0.717) is 11.7 Å². The summed E-state index contributed by atoms with van der Waals surface area (Å²) < 4.78 is 32.6. The fraction of sp³-hybridized carbons (Fsp3) is 0.600. The van der Waals surface area contributed by atoms with Gasteiger partial charge in [-0.1, -0.05) is 26.0 Å². The van der Waals surface area contributed by atoms with E-state index >= 15 is 0 Å². The summed E-state index contributed by atoms with van der Waals surface area (Å²) in [6.45, 7) is 6.88. The molecule has 1 aromatic carbocycles. The molecule has 1 N–H and O–H groups in total. The van der Waals surface area contributed by atoms with Gasteiger partial charge in [0.15, 0.2) is 0 Å². The van der Waals surface area contributed by atoms with E-state index in [1.807, 2.05) is 6.07 Å². The Balaban J connectivity index is 2.02. The van der Waals surface area contributed by atoms with Gasteiger partial charge in [0.25, 0.3) is 0 Å². The molecule has 0 radical (unpaired) electrons. The van der Waals surface area contributed by atoms with Gasteiger partial charge in [-0.3, -0.25) is 0 Å². The lowest BCUT2D eigenvalue weighted by atomic mass is 10.1. The maximum Gasteiger partial charge on any atom is 0.216 e. The lowest BCUT2D eigenvalue weighted by Crippen LogP contribution is -2.40. The molecule has 0 unspecified atom stereocenters. The van der Waals surface area contributed by atoms with E-state index in [2.05, 4.69) is 23.5 Å². The van der Waals surface area contributed by atoms with Crippen LogP contribution in [0.15, 0.2) is 24.3 Å². The molecule has 1 aliphatic rings. The van der Waals surface area contributed by atoms with Gasteiger partial charge < -0.3 is 9.64 Å². The highest BCUT2D eigenvalue weighted by molar-refractivity contribution is 7.88. The minimum Gasteiger partial charge on any atom is -0.497 e. The molecule has 0 amide bonds. The molecule has 2 rings (SSSR count). The number of sulfonamides is 1. The van der Waals surface area contributed by atoms with Crippen LogP contribution in [-0.2, 0) is 15.8 Å². The third-order valence-electron chi connectivity index (χ3n) is 3.96.